The number of rotatable bonds is 5. The summed E-state index contributed by atoms with van der Waals surface area (Å²) in [5.74, 6) is 0.870. The Hall–Kier alpha value is -1.02. The molecule has 1 aromatic carbocycles. The lowest BCUT2D eigenvalue weighted by Crippen LogP contribution is -2.32. The second kappa shape index (κ2) is 6.79. The van der Waals surface area contributed by atoms with Crippen molar-refractivity contribution in [3.05, 3.63) is 29.8 Å². The summed E-state index contributed by atoms with van der Waals surface area (Å²) < 4.78 is 0. The van der Waals surface area contributed by atoms with Crippen LogP contribution in [0, 0.1) is 5.92 Å². The highest BCUT2D eigenvalue weighted by atomic mass is 15.1. The molecule has 1 N–H and O–H groups in total. The third-order valence-electron chi connectivity index (χ3n) is 4.06. The van der Waals surface area contributed by atoms with Crippen LogP contribution in [0.4, 0.5) is 5.69 Å². The summed E-state index contributed by atoms with van der Waals surface area (Å²) in [6.07, 6.45) is 5.17. The van der Waals surface area contributed by atoms with Gasteiger partial charge in [0.15, 0.2) is 0 Å². The van der Waals surface area contributed by atoms with E-state index in [4.69, 9.17) is 0 Å². The highest BCUT2D eigenvalue weighted by molar-refractivity contribution is 5.52. The molecule has 0 spiro atoms. The SMILES string of the molecule is CCc1ccccc1N(C)CCC1CCCNC1. The number of nitrogens with zero attached hydrogens (tertiary/aromatic N) is 1. The fourth-order valence-corrected chi connectivity index (χ4v) is 2.85. The van der Waals surface area contributed by atoms with Crippen molar-refractivity contribution in [2.45, 2.75) is 32.6 Å². The van der Waals surface area contributed by atoms with Gasteiger partial charge in [-0.1, -0.05) is 25.1 Å². The first-order valence-corrected chi connectivity index (χ1v) is 7.31. The average molecular weight is 246 g/mol. The van der Waals surface area contributed by atoms with Crippen molar-refractivity contribution in [1.29, 1.82) is 0 Å². The van der Waals surface area contributed by atoms with Gasteiger partial charge in [0.05, 0.1) is 0 Å². The molecule has 1 heterocycles. The third-order valence-corrected chi connectivity index (χ3v) is 4.06. The molecule has 0 saturated carbocycles. The summed E-state index contributed by atoms with van der Waals surface area (Å²) in [4.78, 5) is 2.42. The maximum Gasteiger partial charge on any atom is 0.0396 e. The molecule has 1 saturated heterocycles. The summed E-state index contributed by atoms with van der Waals surface area (Å²) in [6, 6.07) is 8.78. The van der Waals surface area contributed by atoms with Crippen molar-refractivity contribution in [3.63, 3.8) is 0 Å². The van der Waals surface area contributed by atoms with Crippen LogP contribution in [0.2, 0.25) is 0 Å². The number of nitrogens with one attached hydrogen (secondary N) is 1. The predicted molar refractivity (Wildman–Crippen MR) is 79.3 cm³/mol. The molecule has 1 atom stereocenters. The molecular formula is C16H26N2. The fraction of sp³-hybridized carbons (Fsp3) is 0.625. The van der Waals surface area contributed by atoms with Crippen LogP contribution < -0.4 is 10.2 Å². The van der Waals surface area contributed by atoms with Gasteiger partial charge in [-0.3, -0.25) is 0 Å². The van der Waals surface area contributed by atoms with Crippen LogP contribution in [0.25, 0.3) is 0 Å². The Morgan fingerprint density at radius 2 is 2.17 bits per heavy atom. The minimum Gasteiger partial charge on any atom is -0.374 e. The topological polar surface area (TPSA) is 15.3 Å². The maximum atomic E-state index is 3.50. The molecule has 1 aliphatic heterocycles. The van der Waals surface area contributed by atoms with E-state index in [2.05, 4.69) is 48.5 Å². The minimum absolute atomic E-state index is 0.870. The third kappa shape index (κ3) is 3.49. The van der Waals surface area contributed by atoms with Gasteiger partial charge in [0.1, 0.15) is 0 Å². The van der Waals surface area contributed by atoms with Gasteiger partial charge in [-0.15, -0.1) is 0 Å². The van der Waals surface area contributed by atoms with Crippen LogP contribution in [0.15, 0.2) is 24.3 Å². The molecule has 0 bridgehead atoms. The van der Waals surface area contributed by atoms with Crippen LogP contribution in [0.1, 0.15) is 31.7 Å². The highest BCUT2D eigenvalue weighted by Gasteiger charge is 2.14. The van der Waals surface area contributed by atoms with E-state index in [-0.39, 0.29) is 0 Å². The number of anilines is 1. The molecule has 2 rings (SSSR count). The standard InChI is InChI=1S/C16H26N2/c1-3-15-8-4-5-9-16(15)18(2)12-10-14-7-6-11-17-13-14/h4-5,8-9,14,17H,3,6-7,10-13H2,1-2H3. The fourth-order valence-electron chi connectivity index (χ4n) is 2.85. The van der Waals surface area contributed by atoms with Gasteiger partial charge in [0.2, 0.25) is 0 Å². The maximum absolute atomic E-state index is 3.50. The van der Waals surface area contributed by atoms with E-state index in [0.29, 0.717) is 0 Å². The molecule has 1 aromatic rings. The quantitative estimate of drug-likeness (QED) is 0.859. The first-order chi connectivity index (χ1) is 8.81. The summed E-state index contributed by atoms with van der Waals surface area (Å²) in [5.41, 5.74) is 2.87. The lowest BCUT2D eigenvalue weighted by molar-refractivity contribution is 0.360. The van der Waals surface area contributed by atoms with E-state index in [1.807, 2.05) is 0 Å². The Balaban J connectivity index is 1.88. The van der Waals surface area contributed by atoms with Crippen molar-refractivity contribution in [1.82, 2.24) is 5.32 Å². The lowest BCUT2D eigenvalue weighted by Gasteiger charge is -2.27. The van der Waals surface area contributed by atoms with E-state index in [0.717, 1.165) is 12.3 Å². The molecule has 2 heteroatoms. The number of piperidine rings is 1. The molecule has 100 valence electrons. The van der Waals surface area contributed by atoms with Gasteiger partial charge in [0, 0.05) is 19.3 Å². The molecule has 0 aliphatic carbocycles. The minimum atomic E-state index is 0.870. The number of aryl methyl sites for hydroxylation is 1. The van der Waals surface area contributed by atoms with Gasteiger partial charge in [-0.2, -0.15) is 0 Å². The zero-order valence-electron chi connectivity index (χ0n) is 11.8. The summed E-state index contributed by atoms with van der Waals surface area (Å²) >= 11 is 0. The molecule has 1 fully saturated rings. The predicted octanol–water partition coefficient (Wildman–Crippen LogP) is 3.07. The number of para-hydroxylation sites is 1. The average Bonchev–Trinajstić information content (AvgIpc) is 2.45. The highest BCUT2D eigenvalue weighted by Crippen LogP contribution is 2.21. The monoisotopic (exact) mass is 246 g/mol. The van der Waals surface area contributed by atoms with Crippen molar-refractivity contribution in [2.75, 3.05) is 31.6 Å². The Labute approximate surface area is 111 Å². The second-order valence-corrected chi connectivity index (χ2v) is 5.40. The molecule has 2 nitrogen and oxygen atoms in total. The molecule has 0 amide bonds. The van der Waals surface area contributed by atoms with Crippen molar-refractivity contribution < 1.29 is 0 Å². The first-order valence-electron chi connectivity index (χ1n) is 7.31. The molecule has 18 heavy (non-hydrogen) atoms. The Morgan fingerprint density at radius 3 is 2.89 bits per heavy atom. The van der Waals surface area contributed by atoms with Gasteiger partial charge in [-0.05, 0) is 56.3 Å². The van der Waals surface area contributed by atoms with E-state index in [1.165, 1.54) is 50.1 Å². The second-order valence-electron chi connectivity index (χ2n) is 5.40. The molecular weight excluding hydrogens is 220 g/mol. The van der Waals surface area contributed by atoms with Crippen molar-refractivity contribution in [2.24, 2.45) is 5.92 Å². The van der Waals surface area contributed by atoms with E-state index >= 15 is 0 Å². The molecule has 0 aromatic heterocycles. The van der Waals surface area contributed by atoms with Gasteiger partial charge < -0.3 is 10.2 Å². The van der Waals surface area contributed by atoms with E-state index in [1.54, 1.807) is 0 Å². The van der Waals surface area contributed by atoms with Crippen LogP contribution in [0.5, 0.6) is 0 Å². The van der Waals surface area contributed by atoms with Crippen LogP contribution in [0.3, 0.4) is 0 Å². The number of hydrogen-bond acceptors (Lipinski definition) is 2. The summed E-state index contributed by atoms with van der Waals surface area (Å²) in [7, 11) is 2.23. The van der Waals surface area contributed by atoms with Crippen LogP contribution in [-0.4, -0.2) is 26.7 Å². The summed E-state index contributed by atoms with van der Waals surface area (Å²) in [5, 5.41) is 3.50. The normalized spacial score (nSPS) is 19.8. The lowest BCUT2D eigenvalue weighted by atomic mass is 9.96. The zero-order valence-corrected chi connectivity index (χ0v) is 11.8. The molecule has 1 unspecified atom stereocenters. The zero-order chi connectivity index (χ0) is 12.8. The largest absolute Gasteiger partial charge is 0.374 e. The Kier molecular flexibility index (Phi) is 5.06. The van der Waals surface area contributed by atoms with Crippen molar-refractivity contribution >= 4 is 5.69 Å². The van der Waals surface area contributed by atoms with Gasteiger partial charge in [0.25, 0.3) is 0 Å². The number of benzene rings is 1. The Morgan fingerprint density at radius 1 is 1.33 bits per heavy atom. The van der Waals surface area contributed by atoms with Gasteiger partial charge in [-0.25, -0.2) is 0 Å². The van der Waals surface area contributed by atoms with Crippen LogP contribution in [-0.2, 0) is 6.42 Å². The molecule has 1 aliphatic rings. The van der Waals surface area contributed by atoms with Gasteiger partial charge >= 0.3 is 0 Å². The first kappa shape index (κ1) is 13.4. The van der Waals surface area contributed by atoms with E-state index in [9.17, 15) is 0 Å². The smallest absolute Gasteiger partial charge is 0.0396 e. The summed E-state index contributed by atoms with van der Waals surface area (Å²) in [6.45, 7) is 5.83. The molecule has 0 radical (unpaired) electrons. The Bertz CT molecular complexity index is 356. The van der Waals surface area contributed by atoms with Crippen LogP contribution >= 0.6 is 0 Å². The van der Waals surface area contributed by atoms with E-state index < -0.39 is 0 Å². The number of hydrogen-bond donors (Lipinski definition) is 1. The van der Waals surface area contributed by atoms with Crippen molar-refractivity contribution in [3.8, 4) is 0 Å².